The van der Waals surface area contributed by atoms with Crippen LogP contribution in [0, 0.1) is 6.92 Å². The predicted octanol–water partition coefficient (Wildman–Crippen LogP) is 2.73. The topological polar surface area (TPSA) is 38.9 Å². The molecular weight excluding hydrogens is 220 g/mol. The molecule has 1 aliphatic rings. The first-order valence-corrected chi connectivity index (χ1v) is 6.47. The molecule has 0 spiro atoms. The summed E-state index contributed by atoms with van der Waals surface area (Å²) in [6, 6.07) is 14.7. The molecule has 0 fully saturated rings. The molecule has 0 radical (unpaired) electrons. The third-order valence-electron chi connectivity index (χ3n) is 3.84. The van der Waals surface area contributed by atoms with E-state index >= 15 is 0 Å². The smallest absolute Gasteiger partial charge is 0.0471 e. The average Bonchev–Trinajstić information content (AvgIpc) is 2.68. The number of nitrogens with two attached hydrogens (primary N) is 1. The number of aryl methyl sites for hydroxylation is 2. The number of benzene rings is 1. The molecule has 0 amide bonds. The fourth-order valence-corrected chi connectivity index (χ4v) is 2.92. The van der Waals surface area contributed by atoms with Crippen LogP contribution >= 0.6 is 0 Å². The summed E-state index contributed by atoms with van der Waals surface area (Å²) in [5.74, 6) is 0. The van der Waals surface area contributed by atoms with E-state index in [0.717, 1.165) is 30.7 Å². The van der Waals surface area contributed by atoms with Crippen molar-refractivity contribution in [2.75, 3.05) is 0 Å². The van der Waals surface area contributed by atoms with E-state index in [2.05, 4.69) is 41.4 Å². The van der Waals surface area contributed by atoms with Gasteiger partial charge in [-0.1, -0.05) is 30.3 Å². The molecule has 18 heavy (non-hydrogen) atoms. The van der Waals surface area contributed by atoms with Crippen LogP contribution in [0.25, 0.3) is 0 Å². The molecule has 3 rings (SSSR count). The van der Waals surface area contributed by atoms with Crippen LogP contribution in [0.2, 0.25) is 0 Å². The molecule has 1 atom stereocenters. The lowest BCUT2D eigenvalue weighted by molar-refractivity contribution is 0.434. The third kappa shape index (κ3) is 1.93. The molecule has 2 nitrogen and oxygen atoms in total. The SMILES string of the molecule is Cc1cccc(CC2(N)CCc3ccccc32)n1. The van der Waals surface area contributed by atoms with E-state index in [1.54, 1.807) is 0 Å². The quantitative estimate of drug-likeness (QED) is 0.873. The number of hydrogen-bond acceptors (Lipinski definition) is 2. The summed E-state index contributed by atoms with van der Waals surface area (Å²) in [5, 5.41) is 0. The second-order valence-corrected chi connectivity index (χ2v) is 5.26. The minimum Gasteiger partial charge on any atom is -0.321 e. The number of fused-ring (bicyclic) bond motifs is 1. The van der Waals surface area contributed by atoms with Crippen LogP contribution in [0.4, 0.5) is 0 Å². The lowest BCUT2D eigenvalue weighted by Gasteiger charge is -2.25. The van der Waals surface area contributed by atoms with Gasteiger partial charge < -0.3 is 5.73 Å². The minimum atomic E-state index is -0.239. The normalized spacial score (nSPS) is 21.9. The van der Waals surface area contributed by atoms with Gasteiger partial charge in [0.1, 0.15) is 0 Å². The summed E-state index contributed by atoms with van der Waals surface area (Å²) >= 11 is 0. The Labute approximate surface area is 108 Å². The highest BCUT2D eigenvalue weighted by Crippen LogP contribution is 2.36. The molecule has 1 heterocycles. The molecular formula is C16H18N2. The highest BCUT2D eigenvalue weighted by Gasteiger charge is 2.34. The second-order valence-electron chi connectivity index (χ2n) is 5.26. The molecule has 0 bridgehead atoms. The Morgan fingerprint density at radius 3 is 2.83 bits per heavy atom. The van der Waals surface area contributed by atoms with Crippen molar-refractivity contribution in [3.8, 4) is 0 Å². The van der Waals surface area contributed by atoms with Crippen molar-refractivity contribution in [2.45, 2.75) is 31.7 Å². The molecule has 1 aliphatic carbocycles. The van der Waals surface area contributed by atoms with E-state index in [1.165, 1.54) is 11.1 Å². The van der Waals surface area contributed by atoms with Gasteiger partial charge in [-0.15, -0.1) is 0 Å². The van der Waals surface area contributed by atoms with E-state index in [0.29, 0.717) is 0 Å². The molecule has 2 aromatic rings. The highest BCUT2D eigenvalue weighted by atomic mass is 14.8. The summed E-state index contributed by atoms with van der Waals surface area (Å²) in [5.41, 5.74) is 11.2. The molecule has 0 saturated carbocycles. The number of nitrogens with zero attached hydrogens (tertiary/aromatic N) is 1. The van der Waals surface area contributed by atoms with Crippen molar-refractivity contribution in [1.29, 1.82) is 0 Å². The first-order chi connectivity index (χ1) is 8.67. The van der Waals surface area contributed by atoms with Gasteiger partial charge >= 0.3 is 0 Å². The summed E-state index contributed by atoms with van der Waals surface area (Å²) < 4.78 is 0. The highest BCUT2D eigenvalue weighted by molar-refractivity contribution is 5.39. The molecule has 1 unspecified atom stereocenters. The van der Waals surface area contributed by atoms with Crippen molar-refractivity contribution in [1.82, 2.24) is 4.98 Å². The maximum absolute atomic E-state index is 6.61. The third-order valence-corrected chi connectivity index (χ3v) is 3.84. The van der Waals surface area contributed by atoms with Crippen LogP contribution in [0.15, 0.2) is 42.5 Å². The van der Waals surface area contributed by atoms with Gasteiger partial charge in [0.05, 0.1) is 0 Å². The Kier molecular flexibility index (Phi) is 2.67. The van der Waals surface area contributed by atoms with Crippen molar-refractivity contribution < 1.29 is 0 Å². The summed E-state index contributed by atoms with van der Waals surface area (Å²) in [6.07, 6.45) is 2.92. The molecule has 0 aliphatic heterocycles. The molecule has 92 valence electrons. The fourth-order valence-electron chi connectivity index (χ4n) is 2.92. The Morgan fingerprint density at radius 1 is 1.17 bits per heavy atom. The summed E-state index contributed by atoms with van der Waals surface area (Å²) in [6.45, 7) is 2.02. The molecule has 1 aromatic heterocycles. The first kappa shape index (κ1) is 11.4. The number of rotatable bonds is 2. The van der Waals surface area contributed by atoms with E-state index in [1.807, 2.05) is 13.0 Å². The van der Waals surface area contributed by atoms with Gasteiger partial charge in [0, 0.05) is 23.3 Å². The van der Waals surface area contributed by atoms with Gasteiger partial charge in [-0.2, -0.15) is 0 Å². The van der Waals surface area contributed by atoms with Gasteiger partial charge in [0.2, 0.25) is 0 Å². The van der Waals surface area contributed by atoms with Gasteiger partial charge in [-0.05, 0) is 43.0 Å². The van der Waals surface area contributed by atoms with E-state index < -0.39 is 0 Å². The number of hydrogen-bond donors (Lipinski definition) is 1. The van der Waals surface area contributed by atoms with Crippen molar-refractivity contribution >= 4 is 0 Å². The molecule has 0 saturated heterocycles. The van der Waals surface area contributed by atoms with Gasteiger partial charge in [0.25, 0.3) is 0 Å². The maximum atomic E-state index is 6.61. The molecule has 2 N–H and O–H groups in total. The van der Waals surface area contributed by atoms with E-state index in [4.69, 9.17) is 5.73 Å². The largest absolute Gasteiger partial charge is 0.321 e. The zero-order chi connectivity index (χ0) is 12.6. The van der Waals surface area contributed by atoms with E-state index in [-0.39, 0.29) is 5.54 Å². The molecule has 1 aromatic carbocycles. The van der Waals surface area contributed by atoms with Crippen LogP contribution < -0.4 is 5.73 Å². The second kappa shape index (κ2) is 4.21. The lowest BCUT2D eigenvalue weighted by atomic mass is 9.88. The zero-order valence-electron chi connectivity index (χ0n) is 10.7. The minimum absolute atomic E-state index is 0.239. The van der Waals surface area contributed by atoms with Crippen molar-refractivity contribution in [3.63, 3.8) is 0 Å². The van der Waals surface area contributed by atoms with Crippen molar-refractivity contribution in [2.24, 2.45) is 5.73 Å². The zero-order valence-corrected chi connectivity index (χ0v) is 10.7. The average molecular weight is 238 g/mol. The van der Waals surface area contributed by atoms with Crippen LogP contribution in [0.5, 0.6) is 0 Å². The van der Waals surface area contributed by atoms with Gasteiger partial charge in [-0.25, -0.2) is 0 Å². The van der Waals surface area contributed by atoms with E-state index in [9.17, 15) is 0 Å². The standard InChI is InChI=1S/C16H18N2/c1-12-5-4-7-14(18-12)11-16(17)10-9-13-6-2-3-8-15(13)16/h2-8H,9-11,17H2,1H3. The Hall–Kier alpha value is -1.67. The van der Waals surface area contributed by atoms with Gasteiger partial charge in [-0.3, -0.25) is 4.98 Å². The molecule has 2 heteroatoms. The Balaban J connectivity index is 1.94. The van der Waals surface area contributed by atoms with Gasteiger partial charge in [0.15, 0.2) is 0 Å². The Bertz CT molecular complexity index is 577. The van der Waals surface area contributed by atoms with Crippen LogP contribution in [0.3, 0.4) is 0 Å². The number of aromatic nitrogens is 1. The monoisotopic (exact) mass is 238 g/mol. The van der Waals surface area contributed by atoms with Crippen LogP contribution in [0.1, 0.15) is 28.9 Å². The first-order valence-electron chi connectivity index (χ1n) is 6.47. The predicted molar refractivity (Wildman–Crippen MR) is 73.3 cm³/mol. The van der Waals surface area contributed by atoms with Crippen LogP contribution in [-0.2, 0) is 18.4 Å². The Morgan fingerprint density at radius 2 is 2.00 bits per heavy atom. The maximum Gasteiger partial charge on any atom is 0.0471 e. The van der Waals surface area contributed by atoms with Crippen molar-refractivity contribution in [3.05, 3.63) is 65.0 Å². The summed E-state index contributed by atoms with van der Waals surface area (Å²) in [7, 11) is 0. The summed E-state index contributed by atoms with van der Waals surface area (Å²) in [4.78, 5) is 4.57. The fraction of sp³-hybridized carbons (Fsp3) is 0.312. The number of pyridine rings is 1. The van der Waals surface area contributed by atoms with Crippen LogP contribution in [-0.4, -0.2) is 4.98 Å². The lowest BCUT2D eigenvalue weighted by Crippen LogP contribution is -2.36.